The number of rotatable bonds is 4. The molecule has 4 nitrogen and oxygen atoms in total. The lowest BCUT2D eigenvalue weighted by Gasteiger charge is -2.54. The Bertz CT molecular complexity index is 278. The fourth-order valence-electron chi connectivity index (χ4n) is 4.73. The summed E-state index contributed by atoms with van der Waals surface area (Å²) in [6.07, 6.45) is 7.09. The predicted molar refractivity (Wildman–Crippen MR) is 63.7 cm³/mol. The van der Waals surface area contributed by atoms with Crippen LogP contribution in [0.2, 0.25) is 0 Å². The van der Waals surface area contributed by atoms with Crippen LogP contribution in [0.1, 0.15) is 32.1 Å². The van der Waals surface area contributed by atoms with Crippen molar-refractivity contribution in [3.05, 3.63) is 0 Å². The van der Waals surface area contributed by atoms with E-state index in [2.05, 4.69) is 10.2 Å². The topological polar surface area (TPSA) is 64.3 Å². The molecule has 0 saturated heterocycles. The lowest BCUT2D eigenvalue weighted by Crippen LogP contribution is -2.49. The second kappa shape index (κ2) is 4.58. The number of hydrogen-bond acceptors (Lipinski definition) is 3. The van der Waals surface area contributed by atoms with Crippen LogP contribution in [-0.2, 0) is 9.63 Å². The number of nitrogens with two attached hydrogens (primary N) is 1. The summed E-state index contributed by atoms with van der Waals surface area (Å²) in [4.78, 5) is 15.7. The highest BCUT2D eigenvalue weighted by Gasteiger charge is 2.47. The Morgan fingerprint density at radius 3 is 2.24 bits per heavy atom. The lowest BCUT2D eigenvalue weighted by atomic mass is 9.52. The van der Waals surface area contributed by atoms with Gasteiger partial charge in [-0.2, -0.15) is 0 Å². The van der Waals surface area contributed by atoms with Crippen molar-refractivity contribution in [2.45, 2.75) is 32.1 Å². The van der Waals surface area contributed by atoms with E-state index >= 15 is 0 Å². The van der Waals surface area contributed by atoms with Gasteiger partial charge in [-0.15, -0.1) is 0 Å². The molecule has 4 aliphatic carbocycles. The van der Waals surface area contributed by atoms with Crippen LogP contribution in [-0.4, -0.2) is 19.1 Å². The van der Waals surface area contributed by atoms with Gasteiger partial charge in [-0.3, -0.25) is 9.63 Å². The molecular formula is C13H22N2O2. The standard InChI is InChI=1S/C13H22N2O2/c14-17-7-13(16)15-6-12-10-2-8-1-9(4-10)5-11(12)3-8/h8-12H,1-7,14H2,(H,15,16). The van der Waals surface area contributed by atoms with Crippen molar-refractivity contribution in [2.24, 2.45) is 35.5 Å². The summed E-state index contributed by atoms with van der Waals surface area (Å²) >= 11 is 0. The van der Waals surface area contributed by atoms with Gasteiger partial charge in [0.15, 0.2) is 0 Å². The fraction of sp³-hybridized carbons (Fsp3) is 0.923. The van der Waals surface area contributed by atoms with Crippen LogP contribution in [0.15, 0.2) is 0 Å². The largest absolute Gasteiger partial charge is 0.354 e. The molecule has 0 aromatic heterocycles. The Labute approximate surface area is 102 Å². The van der Waals surface area contributed by atoms with Crippen molar-refractivity contribution in [3.8, 4) is 0 Å². The molecular weight excluding hydrogens is 216 g/mol. The average molecular weight is 238 g/mol. The zero-order chi connectivity index (χ0) is 11.8. The lowest BCUT2D eigenvalue weighted by molar-refractivity contribution is -0.126. The quantitative estimate of drug-likeness (QED) is 0.720. The van der Waals surface area contributed by atoms with Gasteiger partial charge >= 0.3 is 0 Å². The molecule has 0 heterocycles. The first kappa shape index (κ1) is 11.5. The second-order valence-electron chi connectivity index (χ2n) is 6.21. The van der Waals surface area contributed by atoms with E-state index < -0.39 is 0 Å². The van der Waals surface area contributed by atoms with Gasteiger partial charge in [-0.25, -0.2) is 5.90 Å². The summed E-state index contributed by atoms with van der Waals surface area (Å²) < 4.78 is 0. The molecule has 4 fully saturated rings. The highest BCUT2D eigenvalue weighted by Crippen LogP contribution is 2.56. The van der Waals surface area contributed by atoms with Gasteiger partial charge in [0, 0.05) is 6.54 Å². The average Bonchev–Trinajstić information content (AvgIpc) is 2.27. The third kappa shape index (κ3) is 2.20. The van der Waals surface area contributed by atoms with E-state index in [-0.39, 0.29) is 12.5 Å². The van der Waals surface area contributed by atoms with Gasteiger partial charge in [0.05, 0.1) is 0 Å². The van der Waals surface area contributed by atoms with Gasteiger partial charge in [0.1, 0.15) is 6.61 Å². The van der Waals surface area contributed by atoms with E-state index in [1.807, 2.05) is 0 Å². The Morgan fingerprint density at radius 2 is 1.71 bits per heavy atom. The molecule has 0 aliphatic heterocycles. The smallest absolute Gasteiger partial charge is 0.248 e. The number of carbonyl (C=O) groups is 1. The van der Waals surface area contributed by atoms with Crippen LogP contribution in [0.5, 0.6) is 0 Å². The molecule has 4 heteroatoms. The van der Waals surface area contributed by atoms with Crippen LogP contribution in [0, 0.1) is 29.6 Å². The summed E-state index contributed by atoms with van der Waals surface area (Å²) in [7, 11) is 0. The molecule has 0 unspecified atom stereocenters. The summed E-state index contributed by atoms with van der Waals surface area (Å²) in [6, 6.07) is 0. The molecule has 4 bridgehead atoms. The number of hydrogen-bond donors (Lipinski definition) is 2. The van der Waals surface area contributed by atoms with Crippen LogP contribution >= 0.6 is 0 Å². The first-order valence-electron chi connectivity index (χ1n) is 6.84. The van der Waals surface area contributed by atoms with Gasteiger partial charge < -0.3 is 5.32 Å². The molecule has 17 heavy (non-hydrogen) atoms. The minimum absolute atomic E-state index is 0.0205. The van der Waals surface area contributed by atoms with Crippen molar-refractivity contribution in [1.82, 2.24) is 5.32 Å². The molecule has 4 saturated carbocycles. The fourth-order valence-corrected chi connectivity index (χ4v) is 4.73. The van der Waals surface area contributed by atoms with E-state index in [0.29, 0.717) is 5.92 Å². The normalized spacial score (nSPS) is 42.8. The maximum Gasteiger partial charge on any atom is 0.248 e. The van der Waals surface area contributed by atoms with Crippen molar-refractivity contribution in [3.63, 3.8) is 0 Å². The molecule has 0 radical (unpaired) electrons. The maximum atomic E-state index is 11.4. The maximum absolute atomic E-state index is 11.4. The van der Waals surface area contributed by atoms with Crippen molar-refractivity contribution in [1.29, 1.82) is 0 Å². The van der Waals surface area contributed by atoms with Crippen LogP contribution < -0.4 is 11.2 Å². The molecule has 0 aromatic rings. The molecule has 4 rings (SSSR count). The molecule has 0 aromatic carbocycles. The monoisotopic (exact) mass is 238 g/mol. The summed E-state index contributed by atoms with van der Waals surface area (Å²) in [6.45, 7) is 0.810. The summed E-state index contributed by atoms with van der Waals surface area (Å²) in [5.41, 5.74) is 0. The minimum Gasteiger partial charge on any atom is -0.354 e. The van der Waals surface area contributed by atoms with Crippen molar-refractivity contribution in [2.75, 3.05) is 13.2 Å². The number of nitrogens with one attached hydrogen (secondary N) is 1. The third-order valence-electron chi connectivity index (χ3n) is 5.17. The van der Waals surface area contributed by atoms with Crippen LogP contribution in [0.25, 0.3) is 0 Å². The SMILES string of the molecule is NOCC(=O)NCC1C2CC3CC(C2)CC1C3. The summed E-state index contributed by atoms with van der Waals surface area (Å²) in [5.74, 6) is 9.25. The van der Waals surface area contributed by atoms with Gasteiger partial charge in [0.25, 0.3) is 0 Å². The number of carbonyl (C=O) groups excluding carboxylic acids is 1. The first-order valence-corrected chi connectivity index (χ1v) is 6.84. The molecule has 4 aliphatic rings. The third-order valence-corrected chi connectivity index (χ3v) is 5.17. The zero-order valence-electron chi connectivity index (χ0n) is 10.2. The van der Waals surface area contributed by atoms with Crippen molar-refractivity contribution < 1.29 is 9.63 Å². The van der Waals surface area contributed by atoms with E-state index in [9.17, 15) is 4.79 Å². The molecule has 0 atom stereocenters. The van der Waals surface area contributed by atoms with E-state index in [0.717, 1.165) is 30.2 Å². The van der Waals surface area contributed by atoms with Crippen LogP contribution in [0.4, 0.5) is 0 Å². The van der Waals surface area contributed by atoms with E-state index in [1.165, 1.54) is 32.1 Å². The predicted octanol–water partition coefficient (Wildman–Crippen LogP) is 1.07. The molecule has 1 amide bonds. The molecule has 0 spiro atoms. The Morgan fingerprint density at radius 1 is 1.12 bits per heavy atom. The Balaban J connectivity index is 1.55. The van der Waals surface area contributed by atoms with Crippen LogP contribution in [0.3, 0.4) is 0 Å². The number of amides is 1. The molecule has 3 N–H and O–H groups in total. The van der Waals surface area contributed by atoms with E-state index in [1.54, 1.807) is 0 Å². The minimum atomic E-state index is -0.0821. The van der Waals surface area contributed by atoms with Gasteiger partial charge in [-0.1, -0.05) is 0 Å². The Kier molecular flexibility index (Phi) is 3.09. The van der Waals surface area contributed by atoms with Gasteiger partial charge in [0.2, 0.25) is 5.91 Å². The highest BCUT2D eigenvalue weighted by molar-refractivity contribution is 5.77. The van der Waals surface area contributed by atoms with Gasteiger partial charge in [-0.05, 0) is 61.7 Å². The second-order valence-corrected chi connectivity index (χ2v) is 6.21. The molecule has 96 valence electrons. The Hall–Kier alpha value is -0.610. The van der Waals surface area contributed by atoms with E-state index in [4.69, 9.17) is 5.90 Å². The highest BCUT2D eigenvalue weighted by atomic mass is 16.6. The summed E-state index contributed by atoms with van der Waals surface area (Å²) in [5, 5.41) is 2.97. The van der Waals surface area contributed by atoms with Crippen molar-refractivity contribution >= 4 is 5.91 Å². The zero-order valence-corrected chi connectivity index (χ0v) is 10.2. The first-order chi connectivity index (χ1) is 8.26.